The van der Waals surface area contributed by atoms with Crippen molar-refractivity contribution in [3.8, 4) is 11.1 Å². The van der Waals surface area contributed by atoms with Crippen LogP contribution in [0, 0.1) is 18.8 Å². The number of hydrogen-bond donors (Lipinski definition) is 5. The van der Waals surface area contributed by atoms with E-state index in [0.717, 1.165) is 40.5 Å². The summed E-state index contributed by atoms with van der Waals surface area (Å²) < 4.78 is 5.35. The van der Waals surface area contributed by atoms with Crippen molar-refractivity contribution in [2.24, 2.45) is 11.8 Å². The number of aromatic amines is 1. The fraction of sp³-hybridized carbons (Fsp3) is 0.425. The number of ether oxygens (including phenoxy) is 1. The summed E-state index contributed by atoms with van der Waals surface area (Å²) in [6.07, 6.45) is 4.30. The van der Waals surface area contributed by atoms with E-state index in [1.165, 1.54) is 0 Å². The third kappa shape index (κ3) is 10.3. The Kier molecular flexibility index (Phi) is 12.3. The van der Waals surface area contributed by atoms with E-state index < -0.39 is 17.7 Å². The number of hydrogen-bond acceptors (Lipinski definition) is 6. The SMILES string of the molecule is Cc1cc(C[C@H](NC(=O)C2CCC(CNC(=O)OC(C)(C)C)CC2)C(=O)Nc2cc(Cl)c3cn[nH]c3c2)ccc1-c1ccc(C(=O)NC(C)C)cc1. The molecule has 4 aromatic rings. The van der Waals surface area contributed by atoms with Crippen LogP contribution in [-0.2, 0) is 20.7 Å². The van der Waals surface area contributed by atoms with Gasteiger partial charge in [-0.25, -0.2) is 4.79 Å². The lowest BCUT2D eigenvalue weighted by atomic mass is 9.81. The maximum absolute atomic E-state index is 13.9. The van der Waals surface area contributed by atoms with Crippen molar-refractivity contribution >= 4 is 52.0 Å². The maximum Gasteiger partial charge on any atom is 0.407 e. The highest BCUT2D eigenvalue weighted by atomic mass is 35.5. The molecule has 5 rings (SSSR count). The molecule has 0 bridgehead atoms. The van der Waals surface area contributed by atoms with Gasteiger partial charge < -0.3 is 26.0 Å². The van der Waals surface area contributed by atoms with Gasteiger partial charge in [-0.3, -0.25) is 19.5 Å². The van der Waals surface area contributed by atoms with Crippen LogP contribution in [0.2, 0.25) is 5.02 Å². The van der Waals surface area contributed by atoms with E-state index in [2.05, 4.69) is 31.5 Å². The smallest absolute Gasteiger partial charge is 0.407 e. The van der Waals surface area contributed by atoms with E-state index in [4.69, 9.17) is 16.3 Å². The highest BCUT2D eigenvalue weighted by Gasteiger charge is 2.30. The van der Waals surface area contributed by atoms with Gasteiger partial charge >= 0.3 is 6.09 Å². The fourth-order valence-electron chi connectivity index (χ4n) is 6.54. The predicted molar refractivity (Wildman–Crippen MR) is 204 cm³/mol. The average Bonchev–Trinajstić information content (AvgIpc) is 3.56. The number of halogens is 1. The highest BCUT2D eigenvalue weighted by molar-refractivity contribution is 6.35. The zero-order valence-corrected chi connectivity index (χ0v) is 31.4. The summed E-state index contributed by atoms with van der Waals surface area (Å²) in [5.41, 5.74) is 5.05. The van der Waals surface area contributed by atoms with E-state index in [0.29, 0.717) is 41.2 Å². The quantitative estimate of drug-likeness (QED) is 0.109. The summed E-state index contributed by atoms with van der Waals surface area (Å²) in [7, 11) is 0. The molecule has 0 aliphatic heterocycles. The van der Waals surface area contributed by atoms with Crippen LogP contribution in [-0.4, -0.2) is 58.2 Å². The molecule has 276 valence electrons. The Labute approximate surface area is 310 Å². The first-order chi connectivity index (χ1) is 24.6. The molecule has 11 nitrogen and oxygen atoms in total. The van der Waals surface area contributed by atoms with Crippen molar-refractivity contribution in [2.75, 3.05) is 11.9 Å². The van der Waals surface area contributed by atoms with Crippen LogP contribution in [0.3, 0.4) is 0 Å². The van der Waals surface area contributed by atoms with Gasteiger partial charge in [-0.05, 0) is 120 Å². The largest absolute Gasteiger partial charge is 0.444 e. The molecule has 0 unspecified atom stereocenters. The summed E-state index contributed by atoms with van der Waals surface area (Å²) >= 11 is 6.46. The molecule has 0 radical (unpaired) electrons. The van der Waals surface area contributed by atoms with Gasteiger partial charge in [0.2, 0.25) is 11.8 Å². The van der Waals surface area contributed by atoms with Gasteiger partial charge in [0.15, 0.2) is 0 Å². The molecule has 1 aliphatic carbocycles. The van der Waals surface area contributed by atoms with Crippen LogP contribution >= 0.6 is 11.6 Å². The Morgan fingerprint density at radius 3 is 2.33 bits per heavy atom. The minimum Gasteiger partial charge on any atom is -0.444 e. The molecule has 1 fully saturated rings. The first-order valence-corrected chi connectivity index (χ1v) is 18.2. The lowest BCUT2D eigenvalue weighted by Crippen LogP contribution is -2.48. The zero-order chi connectivity index (χ0) is 37.6. The number of H-pyrrole nitrogens is 1. The number of benzene rings is 3. The van der Waals surface area contributed by atoms with E-state index in [-0.39, 0.29) is 42.0 Å². The van der Waals surface area contributed by atoms with Crippen LogP contribution < -0.4 is 21.3 Å². The molecule has 1 atom stereocenters. The van der Waals surface area contributed by atoms with Crippen LogP contribution in [0.4, 0.5) is 10.5 Å². The Morgan fingerprint density at radius 1 is 0.962 bits per heavy atom. The van der Waals surface area contributed by atoms with Gasteiger partial charge in [0.1, 0.15) is 11.6 Å². The number of alkyl carbamates (subject to hydrolysis) is 1. The van der Waals surface area contributed by atoms with E-state index in [1.807, 2.05) is 84.0 Å². The van der Waals surface area contributed by atoms with Crippen LogP contribution in [0.5, 0.6) is 0 Å². The second kappa shape index (κ2) is 16.6. The standard InChI is InChI=1S/C40H49ClN6O5/c1-23(2)44-36(48)29-14-12-27(13-15-29)31-16-9-26(17-24(31)3)18-35(38(50)45-30-19-33(41)32-22-43-47-34(32)20-30)46-37(49)28-10-7-25(8-11-28)21-42-39(51)52-40(4,5)6/h9,12-17,19-20,22-23,25,28,35H,7-8,10-11,18,21H2,1-6H3,(H,42,51)(H,43,47)(H,44,48)(H,45,50)(H,46,49)/t25?,28?,35-/m0/s1. The molecule has 1 aliphatic rings. The first-order valence-electron chi connectivity index (χ1n) is 17.9. The van der Waals surface area contributed by atoms with Crippen molar-refractivity contribution in [2.45, 2.75) is 91.3 Å². The zero-order valence-electron chi connectivity index (χ0n) is 30.7. The molecule has 0 saturated heterocycles. The first kappa shape index (κ1) is 38.3. The number of rotatable bonds is 11. The molecule has 5 N–H and O–H groups in total. The summed E-state index contributed by atoms with van der Waals surface area (Å²) in [4.78, 5) is 52.1. The van der Waals surface area contributed by atoms with Crippen LogP contribution in [0.15, 0.2) is 60.8 Å². The summed E-state index contributed by atoms with van der Waals surface area (Å²) in [5, 5.41) is 19.9. The van der Waals surface area contributed by atoms with Gasteiger partial charge in [0.05, 0.1) is 16.7 Å². The number of nitrogens with one attached hydrogen (secondary N) is 5. The van der Waals surface area contributed by atoms with Crippen LogP contribution in [0.25, 0.3) is 22.0 Å². The second-order valence-electron chi connectivity index (χ2n) is 15.0. The molecule has 12 heteroatoms. The number of aromatic nitrogens is 2. The van der Waals surface area contributed by atoms with Crippen molar-refractivity contribution < 1.29 is 23.9 Å². The van der Waals surface area contributed by atoms with E-state index in [1.54, 1.807) is 18.3 Å². The van der Waals surface area contributed by atoms with E-state index in [9.17, 15) is 19.2 Å². The third-order valence-electron chi connectivity index (χ3n) is 9.17. The molecular formula is C40H49ClN6O5. The molecule has 1 saturated carbocycles. The van der Waals surface area contributed by atoms with Crippen molar-refractivity contribution in [1.82, 2.24) is 26.1 Å². The number of anilines is 1. The van der Waals surface area contributed by atoms with Gasteiger partial charge in [-0.2, -0.15) is 5.10 Å². The Morgan fingerprint density at radius 2 is 1.67 bits per heavy atom. The monoisotopic (exact) mass is 728 g/mol. The van der Waals surface area contributed by atoms with Crippen molar-refractivity contribution in [3.63, 3.8) is 0 Å². The van der Waals surface area contributed by atoms with Gasteiger partial charge in [-0.1, -0.05) is 41.9 Å². The third-order valence-corrected chi connectivity index (χ3v) is 9.48. The highest BCUT2D eigenvalue weighted by Crippen LogP contribution is 2.30. The Balaban J connectivity index is 1.28. The molecule has 1 heterocycles. The lowest BCUT2D eigenvalue weighted by molar-refractivity contribution is -0.130. The molecule has 0 spiro atoms. The molecule has 3 aromatic carbocycles. The average molecular weight is 729 g/mol. The van der Waals surface area contributed by atoms with Gasteiger partial charge in [-0.15, -0.1) is 0 Å². The van der Waals surface area contributed by atoms with E-state index >= 15 is 0 Å². The minimum atomic E-state index is -0.862. The van der Waals surface area contributed by atoms with Gasteiger partial charge in [0.25, 0.3) is 5.91 Å². The Hall–Kier alpha value is -4.90. The number of amides is 4. The molecular weight excluding hydrogens is 680 g/mol. The normalized spacial score (nSPS) is 16.6. The Bertz CT molecular complexity index is 1910. The summed E-state index contributed by atoms with van der Waals surface area (Å²) in [6, 6.07) is 16.1. The fourth-order valence-corrected chi connectivity index (χ4v) is 6.81. The number of nitrogens with zero attached hydrogens (tertiary/aromatic N) is 1. The molecule has 52 heavy (non-hydrogen) atoms. The number of aryl methyl sites for hydroxylation is 1. The summed E-state index contributed by atoms with van der Waals surface area (Å²) in [5.74, 6) is -0.660. The van der Waals surface area contributed by atoms with Crippen molar-refractivity contribution in [1.29, 1.82) is 0 Å². The topological polar surface area (TPSA) is 154 Å². The van der Waals surface area contributed by atoms with Crippen molar-refractivity contribution in [3.05, 3.63) is 82.5 Å². The maximum atomic E-state index is 13.9. The summed E-state index contributed by atoms with van der Waals surface area (Å²) in [6.45, 7) is 11.8. The number of carbonyl (C=O) groups excluding carboxylic acids is 4. The van der Waals surface area contributed by atoms with Crippen LogP contribution in [0.1, 0.15) is 81.8 Å². The lowest BCUT2D eigenvalue weighted by Gasteiger charge is -2.29. The minimum absolute atomic E-state index is 0.0466. The van der Waals surface area contributed by atoms with Gasteiger partial charge in [0, 0.05) is 41.6 Å². The number of fused-ring (bicyclic) bond motifs is 1. The predicted octanol–water partition coefficient (Wildman–Crippen LogP) is 7.33. The second-order valence-corrected chi connectivity index (χ2v) is 15.4. The number of carbonyl (C=O) groups is 4. The molecule has 4 amide bonds. The molecule has 1 aromatic heterocycles.